The molecule has 8 heteroatoms. The summed E-state index contributed by atoms with van der Waals surface area (Å²) in [7, 11) is 0. The van der Waals surface area contributed by atoms with Crippen molar-refractivity contribution in [3.8, 4) is 5.69 Å². The van der Waals surface area contributed by atoms with E-state index in [1.165, 1.54) is 6.20 Å². The van der Waals surface area contributed by atoms with Crippen LogP contribution in [0, 0.1) is 0 Å². The monoisotopic (exact) mass is 383 g/mol. The molecule has 0 spiro atoms. The Hall–Kier alpha value is -3.68. The van der Waals surface area contributed by atoms with Crippen molar-refractivity contribution in [3.63, 3.8) is 0 Å². The topological polar surface area (TPSA) is 64.0 Å². The van der Waals surface area contributed by atoms with Gasteiger partial charge in [-0.05, 0) is 41.5 Å². The normalized spacial score (nSPS) is 15.5. The molecular weight excluding hydrogens is 371 g/mol. The third kappa shape index (κ3) is 3.20. The van der Waals surface area contributed by atoms with Crippen LogP contribution in [0.2, 0.25) is 0 Å². The highest BCUT2D eigenvalue weighted by Gasteiger charge is 2.33. The average molecular weight is 383 g/mol. The van der Waals surface area contributed by atoms with Crippen molar-refractivity contribution in [2.24, 2.45) is 0 Å². The van der Waals surface area contributed by atoms with Crippen molar-refractivity contribution in [1.29, 1.82) is 0 Å². The van der Waals surface area contributed by atoms with Crippen LogP contribution in [0.3, 0.4) is 0 Å². The fraction of sp³-hybridized carbons (Fsp3) is 0.0500. The minimum absolute atomic E-state index is 0.335. The van der Waals surface area contributed by atoms with Crippen molar-refractivity contribution in [2.45, 2.75) is 6.18 Å². The van der Waals surface area contributed by atoms with Gasteiger partial charge in [0.25, 0.3) is 11.8 Å². The first-order valence-corrected chi connectivity index (χ1v) is 8.23. The molecule has 0 saturated carbocycles. The van der Waals surface area contributed by atoms with Crippen LogP contribution in [-0.2, 0) is 11.0 Å². The number of benzene rings is 2. The molecule has 0 bridgehead atoms. The highest BCUT2D eigenvalue weighted by Crippen LogP contribution is 2.28. The number of alkyl halides is 3. The number of aromatic nitrogens is 2. The van der Waals surface area contributed by atoms with Crippen molar-refractivity contribution < 1.29 is 22.8 Å². The number of nitrogens with one attached hydrogen (secondary N) is 1. The van der Waals surface area contributed by atoms with Crippen LogP contribution in [0.15, 0.2) is 60.8 Å². The second kappa shape index (κ2) is 6.49. The predicted octanol–water partition coefficient (Wildman–Crippen LogP) is 3.70. The number of hydrogen-bond acceptors (Lipinski definition) is 3. The standard InChI is InChI=1S/C20H12F3N3O2/c21-20(22,23)17-9-10-26(25-17)13-7-5-12(6-8-13)11-16-14-3-1-2-4-15(14)18(27)24-19(16)28/h1-11H,(H,24,27,28)/b16-11+. The van der Waals surface area contributed by atoms with E-state index in [4.69, 9.17) is 0 Å². The molecule has 140 valence electrons. The molecule has 28 heavy (non-hydrogen) atoms. The molecule has 0 aliphatic carbocycles. The number of carbonyl (C=O) groups is 2. The summed E-state index contributed by atoms with van der Waals surface area (Å²) in [6, 6.07) is 14.2. The van der Waals surface area contributed by atoms with Gasteiger partial charge in [0.05, 0.1) is 5.69 Å². The molecule has 0 fully saturated rings. The lowest BCUT2D eigenvalue weighted by molar-refractivity contribution is -0.141. The Labute approximate surface area is 157 Å². The highest BCUT2D eigenvalue weighted by atomic mass is 19.4. The molecule has 5 nitrogen and oxygen atoms in total. The van der Waals surface area contributed by atoms with Gasteiger partial charge < -0.3 is 0 Å². The van der Waals surface area contributed by atoms with Gasteiger partial charge in [-0.15, -0.1) is 0 Å². The predicted molar refractivity (Wildman–Crippen MR) is 95.4 cm³/mol. The van der Waals surface area contributed by atoms with E-state index < -0.39 is 23.7 Å². The molecule has 4 rings (SSSR count). The molecule has 1 aliphatic heterocycles. The van der Waals surface area contributed by atoms with Gasteiger partial charge in [0.2, 0.25) is 0 Å². The number of rotatable bonds is 2. The number of fused-ring (bicyclic) bond motifs is 1. The molecular formula is C20H12F3N3O2. The lowest BCUT2D eigenvalue weighted by Crippen LogP contribution is -2.36. The molecule has 3 aromatic rings. The van der Waals surface area contributed by atoms with Crippen LogP contribution in [-0.4, -0.2) is 21.6 Å². The highest BCUT2D eigenvalue weighted by molar-refractivity contribution is 6.33. The summed E-state index contributed by atoms with van der Waals surface area (Å²) in [5.74, 6) is -0.957. The number of amides is 2. The Morgan fingerprint density at radius 2 is 1.57 bits per heavy atom. The molecule has 2 aromatic carbocycles. The number of carbonyl (C=O) groups excluding carboxylic acids is 2. The first-order chi connectivity index (χ1) is 13.3. The van der Waals surface area contributed by atoms with E-state index in [1.807, 2.05) is 0 Å². The van der Waals surface area contributed by atoms with E-state index >= 15 is 0 Å². The minimum atomic E-state index is -4.51. The zero-order chi connectivity index (χ0) is 19.9. The number of halogens is 3. The maximum absolute atomic E-state index is 12.7. The summed E-state index contributed by atoms with van der Waals surface area (Å²) in [6.07, 6.45) is -1.66. The van der Waals surface area contributed by atoms with Crippen molar-refractivity contribution >= 4 is 23.5 Å². The second-order valence-corrected chi connectivity index (χ2v) is 6.12. The van der Waals surface area contributed by atoms with Crippen LogP contribution in [0.5, 0.6) is 0 Å². The van der Waals surface area contributed by atoms with Crippen LogP contribution in [0.1, 0.15) is 27.2 Å². The van der Waals surface area contributed by atoms with Gasteiger partial charge in [0.15, 0.2) is 5.69 Å². The molecule has 1 aliphatic rings. The van der Waals surface area contributed by atoms with E-state index in [0.29, 0.717) is 28.0 Å². The summed E-state index contributed by atoms with van der Waals surface area (Å²) in [4.78, 5) is 24.2. The van der Waals surface area contributed by atoms with Crippen LogP contribution < -0.4 is 5.32 Å². The maximum atomic E-state index is 12.7. The summed E-state index contributed by atoms with van der Waals surface area (Å²) in [5, 5.41) is 5.82. The zero-order valence-corrected chi connectivity index (χ0v) is 14.2. The van der Waals surface area contributed by atoms with Gasteiger partial charge in [0.1, 0.15) is 0 Å². The van der Waals surface area contributed by atoms with Crippen LogP contribution >= 0.6 is 0 Å². The van der Waals surface area contributed by atoms with Gasteiger partial charge in [0, 0.05) is 17.3 Å². The van der Waals surface area contributed by atoms with Crippen LogP contribution in [0.4, 0.5) is 13.2 Å². The Balaban J connectivity index is 1.66. The van der Waals surface area contributed by atoms with Crippen molar-refractivity contribution in [1.82, 2.24) is 15.1 Å². The van der Waals surface area contributed by atoms with E-state index in [-0.39, 0.29) is 0 Å². The van der Waals surface area contributed by atoms with E-state index in [0.717, 1.165) is 10.7 Å². The Morgan fingerprint density at radius 1 is 0.893 bits per heavy atom. The number of imide groups is 1. The van der Waals surface area contributed by atoms with Gasteiger partial charge in [-0.2, -0.15) is 18.3 Å². The molecule has 2 amide bonds. The summed E-state index contributed by atoms with van der Waals surface area (Å²) in [6.45, 7) is 0. The largest absolute Gasteiger partial charge is 0.435 e. The molecule has 2 heterocycles. The molecule has 1 N–H and O–H groups in total. The number of hydrogen-bond donors (Lipinski definition) is 1. The summed E-state index contributed by atoms with van der Waals surface area (Å²) >= 11 is 0. The maximum Gasteiger partial charge on any atom is 0.435 e. The molecule has 0 atom stereocenters. The first kappa shape index (κ1) is 17.7. The van der Waals surface area contributed by atoms with Gasteiger partial charge in [-0.3, -0.25) is 14.9 Å². The molecule has 0 radical (unpaired) electrons. The Kier molecular flexibility index (Phi) is 4.11. The summed E-state index contributed by atoms with van der Waals surface area (Å²) in [5.41, 5.74) is 1.39. The Bertz CT molecular complexity index is 1110. The lowest BCUT2D eigenvalue weighted by Gasteiger charge is -2.18. The fourth-order valence-electron chi connectivity index (χ4n) is 2.93. The minimum Gasteiger partial charge on any atom is -0.288 e. The SMILES string of the molecule is O=C1NC(=O)c2ccccc2/C1=C\c1ccc(-n2ccc(C(F)(F)F)n2)cc1. The first-order valence-electron chi connectivity index (χ1n) is 8.23. The van der Waals surface area contributed by atoms with E-state index in [2.05, 4.69) is 10.4 Å². The van der Waals surface area contributed by atoms with E-state index in [9.17, 15) is 22.8 Å². The third-order valence-corrected chi connectivity index (χ3v) is 4.28. The number of nitrogens with zero attached hydrogens (tertiary/aromatic N) is 2. The molecule has 1 aromatic heterocycles. The van der Waals surface area contributed by atoms with E-state index in [1.54, 1.807) is 54.6 Å². The van der Waals surface area contributed by atoms with Gasteiger partial charge in [-0.25, -0.2) is 4.68 Å². The van der Waals surface area contributed by atoms with Gasteiger partial charge >= 0.3 is 6.18 Å². The third-order valence-electron chi connectivity index (χ3n) is 4.28. The molecule has 0 unspecified atom stereocenters. The quantitative estimate of drug-likeness (QED) is 0.542. The average Bonchev–Trinajstić information content (AvgIpc) is 3.16. The smallest absolute Gasteiger partial charge is 0.288 e. The fourth-order valence-corrected chi connectivity index (χ4v) is 2.93. The second-order valence-electron chi connectivity index (χ2n) is 6.12. The van der Waals surface area contributed by atoms with Crippen molar-refractivity contribution in [3.05, 3.63) is 83.2 Å². The summed E-state index contributed by atoms with van der Waals surface area (Å²) < 4.78 is 39.2. The molecule has 0 saturated heterocycles. The van der Waals surface area contributed by atoms with Crippen LogP contribution in [0.25, 0.3) is 17.3 Å². The van der Waals surface area contributed by atoms with Gasteiger partial charge in [-0.1, -0.05) is 30.3 Å². The van der Waals surface area contributed by atoms with Crippen molar-refractivity contribution in [2.75, 3.05) is 0 Å². The Morgan fingerprint density at radius 3 is 2.21 bits per heavy atom. The zero-order valence-electron chi connectivity index (χ0n) is 14.2. The lowest BCUT2D eigenvalue weighted by atomic mass is 9.93.